The molecule has 0 unspecified atom stereocenters. The van der Waals surface area contributed by atoms with Crippen LogP contribution in [0.3, 0.4) is 0 Å². The molecular weight excluding hydrogens is 327 g/mol. The van der Waals surface area contributed by atoms with E-state index in [4.69, 9.17) is 32.7 Å². The zero-order valence-corrected chi connectivity index (χ0v) is 14.3. The number of hydrogen-bond donors (Lipinski definition) is 0. The molecule has 6 heteroatoms. The minimum absolute atomic E-state index is 0.318. The number of allylic oxidation sites excluding steroid dienone is 2. The number of ether oxygens (including phenoxy) is 2. The first-order chi connectivity index (χ1) is 10.7. The first-order valence-corrected chi connectivity index (χ1v) is 8.87. The Morgan fingerprint density at radius 1 is 0.818 bits per heavy atom. The smallest absolute Gasteiger partial charge is 0.310 e. The lowest BCUT2D eigenvalue weighted by molar-refractivity contribution is -0.161. The Kier molecular flexibility index (Phi) is 10.3. The lowest BCUT2D eigenvalue weighted by atomic mass is 9.83. The fourth-order valence-electron chi connectivity index (χ4n) is 2.29. The molecule has 0 aliphatic heterocycles. The van der Waals surface area contributed by atoms with E-state index in [1.54, 1.807) is 0 Å². The number of esters is 2. The van der Waals surface area contributed by atoms with Crippen LogP contribution in [0.15, 0.2) is 12.2 Å². The van der Waals surface area contributed by atoms with Crippen molar-refractivity contribution >= 4 is 35.1 Å². The van der Waals surface area contributed by atoms with Crippen molar-refractivity contribution in [1.29, 1.82) is 0 Å². The van der Waals surface area contributed by atoms with Gasteiger partial charge in [-0.05, 0) is 38.5 Å². The molecule has 0 saturated heterocycles. The average molecular weight is 351 g/mol. The quantitative estimate of drug-likeness (QED) is 0.261. The molecule has 0 bridgehead atoms. The Labute approximate surface area is 142 Å². The molecule has 2 atom stereocenters. The monoisotopic (exact) mass is 350 g/mol. The normalized spacial score (nSPS) is 20.6. The van der Waals surface area contributed by atoms with E-state index in [1.807, 2.05) is 12.2 Å². The summed E-state index contributed by atoms with van der Waals surface area (Å²) in [5.41, 5.74) is 0. The molecule has 4 nitrogen and oxygen atoms in total. The van der Waals surface area contributed by atoms with Crippen LogP contribution in [-0.2, 0) is 19.1 Å². The Bertz CT molecular complexity index is 337. The zero-order chi connectivity index (χ0) is 16.2. The number of alkyl halides is 2. The third-order valence-corrected chi connectivity index (χ3v) is 4.12. The number of rotatable bonds is 10. The predicted octanol–water partition coefficient (Wildman–Crippen LogP) is 3.69. The molecule has 1 aliphatic carbocycles. The van der Waals surface area contributed by atoms with Crippen LogP contribution in [0.1, 0.15) is 38.5 Å². The van der Waals surface area contributed by atoms with Gasteiger partial charge in [0.2, 0.25) is 0 Å². The van der Waals surface area contributed by atoms with Crippen LogP contribution >= 0.6 is 23.2 Å². The van der Waals surface area contributed by atoms with Crippen molar-refractivity contribution in [3.05, 3.63) is 12.2 Å². The Morgan fingerprint density at radius 3 is 1.59 bits per heavy atom. The maximum absolute atomic E-state index is 12.1. The first kappa shape index (κ1) is 19.3. The largest absolute Gasteiger partial charge is 0.465 e. The SMILES string of the molecule is O=C(OCCCCCl)[C@@H]1CC=CC[C@H]1C(=O)OCCCCCl. The molecule has 0 aromatic heterocycles. The lowest BCUT2D eigenvalue weighted by Crippen LogP contribution is -2.34. The van der Waals surface area contributed by atoms with Gasteiger partial charge in [-0.15, -0.1) is 23.2 Å². The van der Waals surface area contributed by atoms with Crippen molar-refractivity contribution in [3.8, 4) is 0 Å². The van der Waals surface area contributed by atoms with Crippen LogP contribution in [-0.4, -0.2) is 36.9 Å². The summed E-state index contributed by atoms with van der Waals surface area (Å²) >= 11 is 11.2. The van der Waals surface area contributed by atoms with Gasteiger partial charge in [0.15, 0.2) is 0 Å². The number of hydrogen-bond acceptors (Lipinski definition) is 4. The van der Waals surface area contributed by atoms with Crippen molar-refractivity contribution in [2.75, 3.05) is 25.0 Å². The van der Waals surface area contributed by atoms with Crippen molar-refractivity contribution < 1.29 is 19.1 Å². The maximum atomic E-state index is 12.1. The summed E-state index contributed by atoms with van der Waals surface area (Å²) in [6.45, 7) is 0.701. The standard InChI is InChI=1S/C16H24Cl2O4/c17-9-3-5-11-21-15(19)13-7-1-2-8-14(13)16(20)22-12-6-4-10-18/h1-2,13-14H,3-12H2/t13-,14-/m1/s1. The minimum atomic E-state index is -0.443. The Hall–Kier alpha value is -0.740. The van der Waals surface area contributed by atoms with E-state index >= 15 is 0 Å². The first-order valence-electron chi connectivity index (χ1n) is 7.81. The van der Waals surface area contributed by atoms with Gasteiger partial charge in [0.05, 0.1) is 25.0 Å². The zero-order valence-electron chi connectivity index (χ0n) is 12.8. The third-order valence-electron chi connectivity index (χ3n) is 3.58. The molecule has 126 valence electrons. The van der Waals surface area contributed by atoms with Crippen LogP contribution in [0.25, 0.3) is 0 Å². The van der Waals surface area contributed by atoms with Crippen LogP contribution in [0.4, 0.5) is 0 Å². The summed E-state index contributed by atoms with van der Waals surface area (Å²) in [6.07, 6.45) is 7.99. The molecule has 0 heterocycles. The summed E-state index contributed by atoms with van der Waals surface area (Å²) in [5, 5.41) is 0. The van der Waals surface area contributed by atoms with Crippen molar-refractivity contribution in [3.63, 3.8) is 0 Å². The summed E-state index contributed by atoms with van der Waals surface area (Å²) in [7, 11) is 0. The van der Waals surface area contributed by atoms with Gasteiger partial charge in [-0.3, -0.25) is 9.59 Å². The molecule has 0 radical (unpaired) electrons. The number of carbonyl (C=O) groups excluding carboxylic acids is 2. The number of halogens is 2. The number of unbranched alkanes of at least 4 members (excludes halogenated alkanes) is 2. The summed E-state index contributed by atoms with van der Waals surface area (Å²) in [6, 6.07) is 0. The van der Waals surface area contributed by atoms with Gasteiger partial charge in [0.25, 0.3) is 0 Å². The van der Waals surface area contributed by atoms with Gasteiger partial charge in [-0.2, -0.15) is 0 Å². The highest BCUT2D eigenvalue weighted by Crippen LogP contribution is 2.28. The van der Waals surface area contributed by atoms with Crippen LogP contribution in [0.5, 0.6) is 0 Å². The van der Waals surface area contributed by atoms with E-state index < -0.39 is 11.8 Å². The van der Waals surface area contributed by atoms with E-state index in [2.05, 4.69) is 0 Å². The van der Waals surface area contributed by atoms with E-state index in [0.29, 0.717) is 37.8 Å². The van der Waals surface area contributed by atoms with Crippen LogP contribution in [0, 0.1) is 11.8 Å². The van der Waals surface area contributed by atoms with Crippen molar-refractivity contribution in [1.82, 2.24) is 0 Å². The molecular formula is C16H24Cl2O4. The molecule has 1 aliphatic rings. The molecule has 0 amide bonds. The highest BCUT2D eigenvalue weighted by atomic mass is 35.5. The van der Waals surface area contributed by atoms with Crippen molar-refractivity contribution in [2.24, 2.45) is 11.8 Å². The third kappa shape index (κ3) is 7.01. The molecule has 0 fully saturated rings. The van der Waals surface area contributed by atoms with Crippen LogP contribution < -0.4 is 0 Å². The second-order valence-electron chi connectivity index (χ2n) is 5.28. The van der Waals surface area contributed by atoms with Gasteiger partial charge in [-0.25, -0.2) is 0 Å². The van der Waals surface area contributed by atoms with Gasteiger partial charge in [0, 0.05) is 11.8 Å². The molecule has 0 saturated carbocycles. The highest BCUT2D eigenvalue weighted by molar-refractivity contribution is 6.18. The Balaban J connectivity index is 2.43. The summed E-state index contributed by atoms with van der Waals surface area (Å²) in [5.74, 6) is -0.409. The molecule has 0 N–H and O–H groups in total. The fourth-order valence-corrected chi connectivity index (χ4v) is 2.67. The van der Waals surface area contributed by atoms with E-state index in [0.717, 1.165) is 25.7 Å². The van der Waals surface area contributed by atoms with E-state index in [-0.39, 0.29) is 11.9 Å². The molecule has 22 heavy (non-hydrogen) atoms. The average Bonchev–Trinajstić information content (AvgIpc) is 2.55. The molecule has 0 spiro atoms. The Morgan fingerprint density at radius 2 is 1.23 bits per heavy atom. The number of carbonyl (C=O) groups is 2. The summed E-state index contributed by atoms with van der Waals surface area (Å²) < 4.78 is 10.5. The summed E-state index contributed by atoms with van der Waals surface area (Å²) in [4.78, 5) is 24.3. The van der Waals surface area contributed by atoms with Gasteiger partial charge >= 0.3 is 11.9 Å². The maximum Gasteiger partial charge on any atom is 0.310 e. The fraction of sp³-hybridized carbons (Fsp3) is 0.750. The highest BCUT2D eigenvalue weighted by Gasteiger charge is 2.36. The van der Waals surface area contributed by atoms with Crippen LogP contribution in [0.2, 0.25) is 0 Å². The van der Waals surface area contributed by atoms with Gasteiger partial charge in [-0.1, -0.05) is 12.2 Å². The van der Waals surface area contributed by atoms with Gasteiger partial charge < -0.3 is 9.47 Å². The van der Waals surface area contributed by atoms with Crippen molar-refractivity contribution in [2.45, 2.75) is 38.5 Å². The van der Waals surface area contributed by atoms with E-state index in [1.165, 1.54) is 0 Å². The topological polar surface area (TPSA) is 52.6 Å². The molecule has 0 aromatic carbocycles. The van der Waals surface area contributed by atoms with E-state index in [9.17, 15) is 9.59 Å². The second-order valence-corrected chi connectivity index (χ2v) is 6.04. The predicted molar refractivity (Wildman–Crippen MR) is 87.2 cm³/mol. The molecule has 0 aromatic rings. The second kappa shape index (κ2) is 11.8. The minimum Gasteiger partial charge on any atom is -0.465 e. The van der Waals surface area contributed by atoms with Gasteiger partial charge in [0.1, 0.15) is 0 Å². The lowest BCUT2D eigenvalue weighted by Gasteiger charge is -2.25. The molecule has 1 rings (SSSR count).